The second-order valence-corrected chi connectivity index (χ2v) is 7.63. The van der Waals surface area contributed by atoms with E-state index in [1.165, 1.54) is 13.0 Å². The van der Waals surface area contributed by atoms with Crippen molar-refractivity contribution >= 4 is 0 Å². The average molecular weight is 394 g/mol. The minimum Gasteiger partial charge on any atom is -0.490 e. The van der Waals surface area contributed by atoms with Gasteiger partial charge >= 0.3 is 0 Å². The van der Waals surface area contributed by atoms with Crippen LogP contribution in [0.2, 0.25) is 0 Å². The molecule has 1 aliphatic carbocycles. The molecule has 1 fully saturated rings. The fraction of sp³-hybridized carbons (Fsp3) is 0.478. The van der Waals surface area contributed by atoms with E-state index in [-0.39, 0.29) is 23.1 Å². The van der Waals surface area contributed by atoms with E-state index in [9.17, 15) is 17.6 Å². The van der Waals surface area contributed by atoms with Gasteiger partial charge in [0.05, 0.1) is 6.61 Å². The molecular weight excluding hydrogens is 368 g/mol. The van der Waals surface area contributed by atoms with Crippen LogP contribution in [-0.4, -0.2) is 6.61 Å². The molecule has 0 unspecified atom stereocenters. The number of aryl methyl sites for hydroxylation is 1. The van der Waals surface area contributed by atoms with Crippen molar-refractivity contribution < 1.29 is 22.3 Å². The first-order chi connectivity index (χ1) is 13.4. The van der Waals surface area contributed by atoms with Crippen molar-refractivity contribution in [1.82, 2.24) is 0 Å². The van der Waals surface area contributed by atoms with Gasteiger partial charge in [-0.15, -0.1) is 0 Å². The van der Waals surface area contributed by atoms with E-state index in [2.05, 4.69) is 0 Å². The first kappa shape index (κ1) is 20.7. The lowest BCUT2D eigenvalue weighted by Crippen LogP contribution is -2.15. The Morgan fingerprint density at radius 1 is 0.786 bits per heavy atom. The number of ether oxygens (including phenoxy) is 1. The molecule has 1 nitrogen and oxygen atoms in total. The highest BCUT2D eigenvalue weighted by Gasteiger charge is 2.29. The predicted molar refractivity (Wildman–Crippen MR) is 102 cm³/mol. The van der Waals surface area contributed by atoms with Crippen LogP contribution < -0.4 is 4.74 Å². The zero-order chi connectivity index (χ0) is 20.3. The van der Waals surface area contributed by atoms with Gasteiger partial charge < -0.3 is 4.74 Å². The molecule has 0 aliphatic heterocycles. The van der Waals surface area contributed by atoms with Crippen molar-refractivity contribution in [1.29, 1.82) is 0 Å². The smallest absolute Gasteiger partial charge is 0.200 e. The fourth-order valence-corrected chi connectivity index (χ4v) is 3.99. The third kappa shape index (κ3) is 4.18. The number of hydrogen-bond donors (Lipinski definition) is 0. The van der Waals surface area contributed by atoms with E-state index in [1.807, 2.05) is 6.92 Å². The molecule has 2 aromatic rings. The van der Waals surface area contributed by atoms with Crippen molar-refractivity contribution in [2.75, 3.05) is 6.61 Å². The van der Waals surface area contributed by atoms with Gasteiger partial charge in [0.1, 0.15) is 0 Å². The van der Waals surface area contributed by atoms with Gasteiger partial charge in [0, 0.05) is 0 Å². The minimum absolute atomic E-state index is 0.0550. The lowest BCUT2D eigenvalue weighted by atomic mass is 9.75. The number of hydrogen-bond acceptors (Lipinski definition) is 1. The van der Waals surface area contributed by atoms with Crippen LogP contribution in [0.15, 0.2) is 24.3 Å². The first-order valence-corrected chi connectivity index (χ1v) is 9.99. The van der Waals surface area contributed by atoms with Crippen molar-refractivity contribution in [2.24, 2.45) is 0 Å². The molecule has 0 bridgehead atoms. The highest BCUT2D eigenvalue weighted by Crippen LogP contribution is 2.43. The van der Waals surface area contributed by atoms with Crippen LogP contribution in [0.25, 0.3) is 0 Å². The molecule has 0 N–H and O–H groups in total. The van der Waals surface area contributed by atoms with Crippen molar-refractivity contribution in [2.45, 2.75) is 64.2 Å². The Labute approximate surface area is 163 Å². The minimum atomic E-state index is -0.942. The molecule has 0 amide bonds. The number of rotatable bonds is 6. The number of benzene rings is 2. The largest absolute Gasteiger partial charge is 0.490 e. The number of halogens is 4. The van der Waals surface area contributed by atoms with E-state index >= 15 is 0 Å². The third-order valence-corrected chi connectivity index (χ3v) is 5.74. The van der Waals surface area contributed by atoms with E-state index in [1.54, 1.807) is 18.2 Å². The Morgan fingerprint density at radius 3 is 1.89 bits per heavy atom. The molecule has 0 saturated heterocycles. The average Bonchev–Trinajstić information content (AvgIpc) is 2.70. The summed E-state index contributed by atoms with van der Waals surface area (Å²) in [5.41, 5.74) is 1.01. The highest BCUT2D eigenvalue weighted by atomic mass is 19.2. The molecule has 28 heavy (non-hydrogen) atoms. The molecule has 5 heteroatoms. The Balaban J connectivity index is 1.70. The molecule has 3 rings (SSSR count). The fourth-order valence-electron chi connectivity index (χ4n) is 3.99. The standard InChI is InChI=1S/C23H26F4O/c1-3-4-13-28-19-12-11-18(22(26)23(19)27)16-8-6-15(7-9-16)17-10-5-14(2)20(24)21(17)25/h5,10-12,15-16H,3-4,6-9,13H2,1-2H3. The van der Waals surface area contributed by atoms with E-state index in [0.717, 1.165) is 12.8 Å². The molecule has 0 heterocycles. The molecule has 0 atom stereocenters. The molecule has 0 spiro atoms. The van der Waals surface area contributed by atoms with Gasteiger partial charge in [0.2, 0.25) is 5.82 Å². The molecular formula is C23H26F4O. The maximum absolute atomic E-state index is 14.6. The molecule has 1 aliphatic rings. The quantitative estimate of drug-likeness (QED) is 0.373. The predicted octanol–water partition coefficient (Wildman–Crippen LogP) is 7.17. The maximum atomic E-state index is 14.6. The van der Waals surface area contributed by atoms with Gasteiger partial charge in [0.15, 0.2) is 23.2 Å². The van der Waals surface area contributed by atoms with Crippen LogP contribution in [0, 0.1) is 30.2 Å². The van der Waals surface area contributed by atoms with Crippen molar-refractivity contribution in [3.05, 3.63) is 64.2 Å². The summed E-state index contributed by atoms with van der Waals surface area (Å²) >= 11 is 0. The van der Waals surface area contributed by atoms with Gasteiger partial charge in [-0.3, -0.25) is 0 Å². The lowest BCUT2D eigenvalue weighted by molar-refractivity contribution is 0.286. The lowest BCUT2D eigenvalue weighted by Gasteiger charge is -2.30. The van der Waals surface area contributed by atoms with Gasteiger partial charge in [0.25, 0.3) is 0 Å². The summed E-state index contributed by atoms with van der Waals surface area (Å²) in [6.45, 7) is 3.89. The summed E-state index contributed by atoms with van der Waals surface area (Å²) < 4.78 is 62.3. The van der Waals surface area contributed by atoms with Crippen LogP contribution in [0.4, 0.5) is 17.6 Å². The topological polar surface area (TPSA) is 9.23 Å². The van der Waals surface area contributed by atoms with E-state index < -0.39 is 23.3 Å². The summed E-state index contributed by atoms with van der Waals surface area (Å²) in [6, 6.07) is 6.31. The molecule has 2 aromatic carbocycles. The van der Waals surface area contributed by atoms with Crippen molar-refractivity contribution in [3.63, 3.8) is 0 Å². The third-order valence-electron chi connectivity index (χ3n) is 5.74. The summed E-state index contributed by atoms with van der Waals surface area (Å²) in [5, 5.41) is 0. The molecule has 152 valence electrons. The molecule has 1 saturated carbocycles. The van der Waals surface area contributed by atoms with Crippen LogP contribution in [0.3, 0.4) is 0 Å². The van der Waals surface area contributed by atoms with Crippen molar-refractivity contribution in [3.8, 4) is 5.75 Å². The summed E-state index contributed by atoms with van der Waals surface area (Å²) in [6.07, 6.45) is 4.12. The Kier molecular flexibility index (Phi) is 6.63. The summed E-state index contributed by atoms with van der Waals surface area (Å²) in [5.74, 6) is -3.67. The molecule has 0 aromatic heterocycles. The monoisotopic (exact) mass is 394 g/mol. The maximum Gasteiger partial charge on any atom is 0.200 e. The van der Waals surface area contributed by atoms with Crippen LogP contribution in [0.1, 0.15) is 74.0 Å². The van der Waals surface area contributed by atoms with Gasteiger partial charge in [-0.1, -0.05) is 31.5 Å². The zero-order valence-corrected chi connectivity index (χ0v) is 16.3. The van der Waals surface area contributed by atoms with Gasteiger partial charge in [-0.05, 0) is 73.6 Å². The van der Waals surface area contributed by atoms with Gasteiger partial charge in [-0.2, -0.15) is 4.39 Å². The second-order valence-electron chi connectivity index (χ2n) is 7.63. The SMILES string of the molecule is CCCCOc1ccc(C2CCC(c3ccc(C)c(F)c3F)CC2)c(F)c1F. The normalized spacial score (nSPS) is 19.6. The second kappa shape index (κ2) is 8.97. The van der Waals surface area contributed by atoms with Crippen LogP contribution in [0.5, 0.6) is 5.75 Å². The molecule has 0 radical (unpaired) electrons. The summed E-state index contributed by atoms with van der Waals surface area (Å²) in [4.78, 5) is 0. The number of unbranched alkanes of at least 4 members (excludes halogenated alkanes) is 1. The van der Waals surface area contributed by atoms with E-state index in [0.29, 0.717) is 43.4 Å². The van der Waals surface area contributed by atoms with Gasteiger partial charge in [-0.25, -0.2) is 13.2 Å². The van der Waals surface area contributed by atoms with Crippen LogP contribution in [-0.2, 0) is 0 Å². The highest BCUT2D eigenvalue weighted by molar-refractivity contribution is 5.34. The first-order valence-electron chi connectivity index (χ1n) is 9.99. The summed E-state index contributed by atoms with van der Waals surface area (Å²) in [7, 11) is 0. The van der Waals surface area contributed by atoms with E-state index in [4.69, 9.17) is 4.74 Å². The zero-order valence-electron chi connectivity index (χ0n) is 16.3. The van der Waals surface area contributed by atoms with Crippen LogP contribution >= 0.6 is 0 Å². The Morgan fingerprint density at radius 2 is 1.32 bits per heavy atom. The Hall–Kier alpha value is -2.04. The Bertz CT molecular complexity index is 826.